The minimum absolute atomic E-state index is 0.130. The van der Waals surface area contributed by atoms with E-state index < -0.39 is 11.5 Å². The van der Waals surface area contributed by atoms with E-state index in [1.165, 1.54) is 0 Å². The maximum atomic E-state index is 13.0. The molecule has 2 rings (SSSR count). The summed E-state index contributed by atoms with van der Waals surface area (Å²) in [5, 5.41) is 4.02. The number of nitrogens with zero attached hydrogens (tertiary/aromatic N) is 2. The molecule has 1 saturated carbocycles. The van der Waals surface area contributed by atoms with Gasteiger partial charge in [0.05, 0.1) is 11.2 Å². The maximum absolute atomic E-state index is 13.0. The summed E-state index contributed by atoms with van der Waals surface area (Å²) in [5.74, 6) is -2.54. The summed E-state index contributed by atoms with van der Waals surface area (Å²) in [5.41, 5.74) is 6.37. The summed E-state index contributed by atoms with van der Waals surface area (Å²) in [4.78, 5) is 0. The van der Waals surface area contributed by atoms with Crippen molar-refractivity contribution in [3.8, 4) is 0 Å². The molecule has 5 heteroatoms. The van der Waals surface area contributed by atoms with E-state index >= 15 is 0 Å². The van der Waals surface area contributed by atoms with E-state index in [1.807, 2.05) is 6.07 Å². The quantitative estimate of drug-likeness (QED) is 0.776. The van der Waals surface area contributed by atoms with Gasteiger partial charge in [-0.25, -0.2) is 8.78 Å². The van der Waals surface area contributed by atoms with Gasteiger partial charge in [0.1, 0.15) is 0 Å². The minimum atomic E-state index is -2.54. The van der Waals surface area contributed by atoms with Crippen molar-refractivity contribution >= 4 is 0 Å². The summed E-state index contributed by atoms with van der Waals surface area (Å²) in [7, 11) is 1.79. The van der Waals surface area contributed by atoms with E-state index in [4.69, 9.17) is 5.73 Å². The van der Waals surface area contributed by atoms with Crippen LogP contribution in [0.2, 0.25) is 0 Å². The Morgan fingerprint density at radius 1 is 1.33 bits per heavy atom. The molecular weight excluding hydrogens is 200 g/mol. The number of hydrogen-bond donors (Lipinski definition) is 1. The van der Waals surface area contributed by atoms with Gasteiger partial charge in [0.15, 0.2) is 0 Å². The number of alkyl halides is 2. The van der Waals surface area contributed by atoms with Crippen LogP contribution in [-0.2, 0) is 12.6 Å². The summed E-state index contributed by atoms with van der Waals surface area (Å²) in [6.45, 7) is 0. The zero-order valence-corrected chi connectivity index (χ0v) is 8.71. The molecule has 84 valence electrons. The fourth-order valence-corrected chi connectivity index (χ4v) is 2.18. The zero-order valence-electron chi connectivity index (χ0n) is 8.71. The lowest BCUT2D eigenvalue weighted by Crippen LogP contribution is -2.44. The SMILES string of the molecule is Cn1nccc1C1(N)CCC(F)(F)CC1. The van der Waals surface area contributed by atoms with Crippen LogP contribution in [0.15, 0.2) is 12.3 Å². The van der Waals surface area contributed by atoms with Crippen LogP contribution in [0.5, 0.6) is 0 Å². The van der Waals surface area contributed by atoms with Gasteiger partial charge in [-0.05, 0) is 18.9 Å². The number of aromatic nitrogens is 2. The van der Waals surface area contributed by atoms with Gasteiger partial charge in [-0.3, -0.25) is 4.68 Å². The van der Waals surface area contributed by atoms with Crippen LogP contribution in [-0.4, -0.2) is 15.7 Å². The van der Waals surface area contributed by atoms with Crippen LogP contribution in [0.4, 0.5) is 8.78 Å². The van der Waals surface area contributed by atoms with E-state index in [-0.39, 0.29) is 12.8 Å². The van der Waals surface area contributed by atoms with Gasteiger partial charge in [0.25, 0.3) is 0 Å². The molecule has 1 aromatic rings. The third-order valence-corrected chi connectivity index (χ3v) is 3.20. The first-order valence-corrected chi connectivity index (χ1v) is 5.08. The van der Waals surface area contributed by atoms with Crippen LogP contribution in [0, 0.1) is 0 Å². The zero-order chi connectivity index (χ0) is 11.1. The van der Waals surface area contributed by atoms with E-state index in [2.05, 4.69) is 5.10 Å². The van der Waals surface area contributed by atoms with Gasteiger partial charge in [-0.2, -0.15) is 5.10 Å². The van der Waals surface area contributed by atoms with Crippen LogP contribution >= 0.6 is 0 Å². The third-order valence-electron chi connectivity index (χ3n) is 3.20. The molecule has 0 atom stereocenters. The van der Waals surface area contributed by atoms with Crippen molar-refractivity contribution < 1.29 is 8.78 Å². The van der Waals surface area contributed by atoms with Crippen molar-refractivity contribution in [2.24, 2.45) is 12.8 Å². The predicted molar refractivity (Wildman–Crippen MR) is 52.5 cm³/mol. The highest BCUT2D eigenvalue weighted by molar-refractivity contribution is 5.15. The summed E-state index contributed by atoms with van der Waals surface area (Å²) >= 11 is 0. The molecule has 15 heavy (non-hydrogen) atoms. The lowest BCUT2D eigenvalue weighted by molar-refractivity contribution is -0.0523. The Balaban J connectivity index is 2.20. The molecule has 0 radical (unpaired) electrons. The van der Waals surface area contributed by atoms with Crippen LogP contribution in [0.1, 0.15) is 31.4 Å². The second-order valence-electron chi connectivity index (χ2n) is 4.35. The van der Waals surface area contributed by atoms with Crippen LogP contribution < -0.4 is 5.73 Å². The lowest BCUT2D eigenvalue weighted by Gasteiger charge is -2.36. The maximum Gasteiger partial charge on any atom is 0.248 e. The lowest BCUT2D eigenvalue weighted by atomic mass is 9.78. The largest absolute Gasteiger partial charge is 0.320 e. The predicted octanol–water partition coefficient (Wildman–Crippen LogP) is 1.78. The Hall–Kier alpha value is -0.970. The molecule has 1 fully saturated rings. The van der Waals surface area contributed by atoms with E-state index in [1.54, 1.807) is 17.9 Å². The van der Waals surface area contributed by atoms with Crippen LogP contribution in [0.3, 0.4) is 0 Å². The number of halogens is 2. The van der Waals surface area contributed by atoms with Crippen molar-refractivity contribution in [1.29, 1.82) is 0 Å². The third kappa shape index (κ3) is 1.88. The second-order valence-corrected chi connectivity index (χ2v) is 4.35. The molecular formula is C10H15F2N3. The molecule has 3 nitrogen and oxygen atoms in total. The van der Waals surface area contributed by atoms with Gasteiger partial charge in [0.2, 0.25) is 5.92 Å². The average Bonchev–Trinajstić information content (AvgIpc) is 2.58. The fraction of sp³-hybridized carbons (Fsp3) is 0.700. The summed E-state index contributed by atoms with van der Waals surface area (Å²) in [6.07, 6.45) is 2.03. The first-order chi connectivity index (χ1) is 6.93. The standard InChI is InChI=1S/C10H15F2N3/c1-15-8(2-7-14-15)9(13)3-5-10(11,12)6-4-9/h2,7H,3-6,13H2,1H3. The number of nitrogens with two attached hydrogens (primary N) is 1. The second kappa shape index (κ2) is 3.27. The Kier molecular flexibility index (Phi) is 2.30. The van der Waals surface area contributed by atoms with E-state index in [9.17, 15) is 8.78 Å². The molecule has 0 aromatic carbocycles. The monoisotopic (exact) mass is 215 g/mol. The van der Waals surface area contributed by atoms with E-state index in [0.717, 1.165) is 5.69 Å². The molecule has 2 N–H and O–H groups in total. The average molecular weight is 215 g/mol. The first kappa shape index (κ1) is 10.5. The van der Waals surface area contributed by atoms with Gasteiger partial charge >= 0.3 is 0 Å². The highest BCUT2D eigenvalue weighted by atomic mass is 19.3. The molecule has 0 bridgehead atoms. The molecule has 1 heterocycles. The summed E-state index contributed by atoms with van der Waals surface area (Å²) in [6, 6.07) is 1.81. The Morgan fingerprint density at radius 2 is 1.93 bits per heavy atom. The normalized spacial score (nSPS) is 24.0. The minimum Gasteiger partial charge on any atom is -0.320 e. The Labute approximate surface area is 87.3 Å². The molecule has 0 aliphatic heterocycles. The molecule has 1 aliphatic carbocycles. The van der Waals surface area contributed by atoms with Crippen molar-refractivity contribution in [2.45, 2.75) is 37.1 Å². The smallest absolute Gasteiger partial charge is 0.248 e. The molecule has 0 spiro atoms. The van der Waals surface area contributed by atoms with Gasteiger partial charge in [0, 0.05) is 26.1 Å². The molecule has 0 unspecified atom stereocenters. The van der Waals surface area contributed by atoms with Crippen molar-refractivity contribution in [1.82, 2.24) is 9.78 Å². The van der Waals surface area contributed by atoms with Gasteiger partial charge in [-0.1, -0.05) is 0 Å². The van der Waals surface area contributed by atoms with Gasteiger partial charge < -0.3 is 5.73 Å². The number of hydrogen-bond acceptors (Lipinski definition) is 2. The highest BCUT2D eigenvalue weighted by Gasteiger charge is 2.43. The molecule has 0 saturated heterocycles. The van der Waals surface area contributed by atoms with Crippen molar-refractivity contribution in [2.75, 3.05) is 0 Å². The van der Waals surface area contributed by atoms with E-state index in [0.29, 0.717) is 12.8 Å². The molecule has 0 amide bonds. The first-order valence-electron chi connectivity index (χ1n) is 5.08. The number of rotatable bonds is 1. The highest BCUT2D eigenvalue weighted by Crippen LogP contribution is 2.41. The Bertz CT molecular complexity index is 349. The Morgan fingerprint density at radius 3 is 2.40 bits per heavy atom. The number of aryl methyl sites for hydroxylation is 1. The fourth-order valence-electron chi connectivity index (χ4n) is 2.18. The van der Waals surface area contributed by atoms with Gasteiger partial charge in [-0.15, -0.1) is 0 Å². The molecule has 1 aromatic heterocycles. The van der Waals surface area contributed by atoms with Crippen LogP contribution in [0.25, 0.3) is 0 Å². The van der Waals surface area contributed by atoms with Crippen molar-refractivity contribution in [3.63, 3.8) is 0 Å². The van der Waals surface area contributed by atoms with Crippen molar-refractivity contribution in [3.05, 3.63) is 18.0 Å². The topological polar surface area (TPSA) is 43.8 Å². The summed E-state index contributed by atoms with van der Waals surface area (Å²) < 4.78 is 27.7. The molecule has 1 aliphatic rings.